The van der Waals surface area contributed by atoms with Gasteiger partial charge in [0.1, 0.15) is 6.17 Å². The average Bonchev–Trinajstić information content (AvgIpc) is 2.14. The Balaban J connectivity index is 3.87. The lowest BCUT2D eigenvalue weighted by atomic mass is 10.2. The molecule has 0 amide bonds. The molecule has 0 aromatic heterocycles. The Hall–Kier alpha value is -0.700. The molecule has 0 rings (SSSR count). The Bertz CT molecular complexity index is 268. The first-order valence-electron chi connectivity index (χ1n) is 4.64. The van der Waals surface area contributed by atoms with Gasteiger partial charge in [-0.3, -0.25) is 0 Å². The van der Waals surface area contributed by atoms with Crippen molar-refractivity contribution in [3.63, 3.8) is 0 Å². The molecule has 0 aromatic carbocycles. The Kier molecular flexibility index (Phi) is 7.22. The predicted octanol–water partition coefficient (Wildman–Crippen LogP) is -1.67. The van der Waals surface area contributed by atoms with E-state index in [0.29, 0.717) is 13.0 Å². The number of aliphatic imine (C=N–C) groups is 1. The molecular formula is C6H18N5O4P. The Labute approximate surface area is 93.2 Å². The number of hydrogen-bond donors (Lipinski definition) is 6. The number of phosphoric acid groups is 1. The van der Waals surface area contributed by atoms with Crippen molar-refractivity contribution >= 4 is 13.8 Å². The van der Waals surface area contributed by atoms with Crippen LogP contribution in [0.3, 0.4) is 0 Å². The minimum absolute atomic E-state index is 0.288. The lowest BCUT2D eigenvalue weighted by Gasteiger charge is -2.09. The fourth-order valence-corrected chi connectivity index (χ4v) is 1.09. The van der Waals surface area contributed by atoms with Gasteiger partial charge in [-0.25, -0.2) is 15.0 Å². The highest BCUT2D eigenvalue weighted by atomic mass is 31.2. The molecule has 9 nitrogen and oxygen atoms in total. The molecule has 0 heterocycles. The van der Waals surface area contributed by atoms with Crippen molar-refractivity contribution in [1.29, 1.82) is 0 Å². The van der Waals surface area contributed by atoms with Gasteiger partial charge in [0.05, 0.1) is 0 Å². The molecule has 0 fully saturated rings. The van der Waals surface area contributed by atoms with Crippen LogP contribution in [0.4, 0.5) is 0 Å². The highest BCUT2D eigenvalue weighted by Crippen LogP contribution is 2.33. The third-order valence-corrected chi connectivity index (χ3v) is 1.86. The zero-order valence-corrected chi connectivity index (χ0v) is 9.64. The second-order valence-electron chi connectivity index (χ2n) is 3.05. The van der Waals surface area contributed by atoms with E-state index < -0.39 is 14.0 Å². The normalized spacial score (nSPS) is 14.9. The standard InChI is InChI=1S/C6H18N5O4P/c7-4-2-1-3-5(8)10-6(9)11-15-16(12,13)14/h5H,1-4,7-8H2,(H3,9,10,11)(H2,12,13,14). The monoisotopic (exact) mass is 255 g/mol. The third-order valence-electron chi connectivity index (χ3n) is 1.53. The van der Waals surface area contributed by atoms with Crippen LogP contribution in [0.5, 0.6) is 0 Å². The molecule has 0 aliphatic carbocycles. The number of guanidine groups is 1. The van der Waals surface area contributed by atoms with Gasteiger partial charge in [-0.05, 0) is 25.8 Å². The average molecular weight is 255 g/mol. The zero-order chi connectivity index (χ0) is 12.6. The smallest absolute Gasteiger partial charge is 0.368 e. The van der Waals surface area contributed by atoms with Gasteiger partial charge >= 0.3 is 7.82 Å². The quantitative estimate of drug-likeness (QED) is 0.103. The van der Waals surface area contributed by atoms with Crippen LogP contribution >= 0.6 is 7.82 Å². The molecule has 10 heteroatoms. The van der Waals surface area contributed by atoms with Gasteiger partial charge in [-0.15, -0.1) is 0 Å². The fourth-order valence-electron chi connectivity index (χ4n) is 0.874. The lowest BCUT2D eigenvalue weighted by molar-refractivity contribution is 0.162. The Morgan fingerprint density at radius 2 is 2.12 bits per heavy atom. The van der Waals surface area contributed by atoms with Crippen LogP contribution in [-0.2, 0) is 9.19 Å². The Morgan fingerprint density at radius 3 is 2.62 bits per heavy atom. The van der Waals surface area contributed by atoms with Crippen LogP contribution in [0.25, 0.3) is 0 Å². The topological polar surface area (TPSA) is 169 Å². The Morgan fingerprint density at radius 1 is 1.50 bits per heavy atom. The second kappa shape index (κ2) is 7.55. The van der Waals surface area contributed by atoms with Gasteiger partial charge in [0.15, 0.2) is 0 Å². The number of nitrogens with one attached hydrogen (secondary N) is 1. The number of nitrogens with zero attached hydrogens (tertiary/aromatic N) is 1. The number of nitrogens with two attached hydrogens (primary N) is 3. The van der Waals surface area contributed by atoms with Gasteiger partial charge < -0.3 is 27.0 Å². The summed E-state index contributed by atoms with van der Waals surface area (Å²) in [5.41, 5.74) is 17.9. The van der Waals surface area contributed by atoms with Crippen LogP contribution < -0.4 is 22.7 Å². The number of hydroxylamine groups is 1. The minimum Gasteiger partial charge on any atom is -0.368 e. The third kappa shape index (κ3) is 9.84. The van der Waals surface area contributed by atoms with Crippen molar-refractivity contribution in [2.75, 3.05) is 6.54 Å². The maximum Gasteiger partial charge on any atom is 0.491 e. The molecule has 0 bridgehead atoms. The molecule has 0 aromatic rings. The van der Waals surface area contributed by atoms with E-state index in [9.17, 15) is 4.57 Å². The van der Waals surface area contributed by atoms with Crippen molar-refractivity contribution in [2.24, 2.45) is 22.2 Å². The highest BCUT2D eigenvalue weighted by Gasteiger charge is 2.14. The summed E-state index contributed by atoms with van der Waals surface area (Å²) in [5, 5.41) is 0. The van der Waals surface area contributed by atoms with E-state index in [1.54, 1.807) is 5.48 Å². The van der Waals surface area contributed by atoms with E-state index in [1.807, 2.05) is 0 Å². The van der Waals surface area contributed by atoms with Gasteiger partial charge in [0, 0.05) is 0 Å². The molecule has 0 saturated heterocycles. The summed E-state index contributed by atoms with van der Waals surface area (Å²) in [6.45, 7) is 0.575. The van der Waals surface area contributed by atoms with E-state index in [0.717, 1.165) is 12.8 Å². The summed E-state index contributed by atoms with van der Waals surface area (Å²) in [6, 6.07) is 0. The summed E-state index contributed by atoms with van der Waals surface area (Å²) in [7, 11) is -4.62. The van der Waals surface area contributed by atoms with Crippen LogP contribution in [0.1, 0.15) is 19.3 Å². The molecule has 0 aliphatic heterocycles. The van der Waals surface area contributed by atoms with Crippen molar-refractivity contribution in [1.82, 2.24) is 5.48 Å². The number of rotatable bonds is 7. The summed E-state index contributed by atoms with van der Waals surface area (Å²) in [4.78, 5) is 20.4. The molecule has 1 atom stereocenters. The highest BCUT2D eigenvalue weighted by molar-refractivity contribution is 7.46. The summed E-state index contributed by atoms with van der Waals surface area (Å²) in [5.74, 6) is -0.288. The molecule has 1 unspecified atom stereocenters. The van der Waals surface area contributed by atoms with Gasteiger partial charge in [0.2, 0.25) is 5.96 Å². The van der Waals surface area contributed by atoms with E-state index in [1.165, 1.54) is 0 Å². The molecule has 96 valence electrons. The molecule has 0 spiro atoms. The van der Waals surface area contributed by atoms with Crippen molar-refractivity contribution in [3.8, 4) is 0 Å². The number of unbranched alkanes of at least 4 members (excludes halogenated alkanes) is 1. The maximum absolute atomic E-state index is 10.3. The maximum atomic E-state index is 10.3. The molecule has 0 saturated carbocycles. The molecule has 0 aliphatic rings. The zero-order valence-electron chi connectivity index (χ0n) is 8.74. The SMILES string of the molecule is NCCCCC(N)N=C(N)NOP(=O)(O)O. The summed E-state index contributed by atoms with van der Waals surface area (Å²) < 4.78 is 14.2. The van der Waals surface area contributed by atoms with Gasteiger partial charge in [-0.1, -0.05) is 0 Å². The van der Waals surface area contributed by atoms with Crippen LogP contribution in [-0.4, -0.2) is 28.5 Å². The van der Waals surface area contributed by atoms with E-state index in [4.69, 9.17) is 27.0 Å². The summed E-state index contributed by atoms with van der Waals surface area (Å²) >= 11 is 0. The first kappa shape index (κ1) is 15.3. The predicted molar refractivity (Wildman–Crippen MR) is 58.8 cm³/mol. The van der Waals surface area contributed by atoms with E-state index in [2.05, 4.69) is 9.62 Å². The van der Waals surface area contributed by atoms with Gasteiger partial charge in [-0.2, -0.15) is 4.62 Å². The molecular weight excluding hydrogens is 237 g/mol. The fraction of sp³-hybridized carbons (Fsp3) is 0.833. The largest absolute Gasteiger partial charge is 0.491 e. The van der Waals surface area contributed by atoms with Crippen LogP contribution in [0, 0.1) is 0 Å². The number of hydrogen-bond acceptors (Lipinski definition) is 5. The van der Waals surface area contributed by atoms with E-state index in [-0.39, 0.29) is 5.96 Å². The first-order chi connectivity index (χ1) is 7.35. The lowest BCUT2D eigenvalue weighted by Crippen LogP contribution is -2.34. The van der Waals surface area contributed by atoms with Crippen molar-refractivity contribution in [3.05, 3.63) is 0 Å². The first-order valence-corrected chi connectivity index (χ1v) is 6.17. The van der Waals surface area contributed by atoms with Crippen molar-refractivity contribution < 1.29 is 19.0 Å². The summed E-state index contributed by atoms with van der Waals surface area (Å²) in [6.07, 6.45) is 1.65. The van der Waals surface area contributed by atoms with Crippen molar-refractivity contribution in [2.45, 2.75) is 25.4 Å². The molecule has 9 N–H and O–H groups in total. The molecule has 0 radical (unpaired) electrons. The van der Waals surface area contributed by atoms with E-state index >= 15 is 0 Å². The van der Waals surface area contributed by atoms with Crippen LogP contribution in [0.15, 0.2) is 4.99 Å². The minimum atomic E-state index is -4.62. The second-order valence-corrected chi connectivity index (χ2v) is 4.21. The van der Waals surface area contributed by atoms with Crippen LogP contribution in [0.2, 0.25) is 0 Å². The van der Waals surface area contributed by atoms with Gasteiger partial charge in [0.25, 0.3) is 0 Å². The molecule has 16 heavy (non-hydrogen) atoms.